The maximum Gasteiger partial charge on any atom is 0.197 e. The van der Waals surface area contributed by atoms with E-state index in [1.54, 1.807) is 0 Å². The van der Waals surface area contributed by atoms with E-state index in [2.05, 4.69) is 13.8 Å². The number of hydrogen-bond acceptors (Lipinski definition) is 3. The van der Waals surface area contributed by atoms with Gasteiger partial charge in [0.1, 0.15) is 11.5 Å². The summed E-state index contributed by atoms with van der Waals surface area (Å²) in [4.78, 5) is 0. The zero-order chi connectivity index (χ0) is 14.8. The van der Waals surface area contributed by atoms with Gasteiger partial charge in [-0.25, -0.2) is 0 Å². The maximum absolute atomic E-state index is 9.50. The largest absolute Gasteiger partial charge is 0.493 e. The molecule has 0 heterocycles. The van der Waals surface area contributed by atoms with Crippen molar-refractivity contribution in [2.75, 3.05) is 6.61 Å². The van der Waals surface area contributed by atoms with Gasteiger partial charge in [0.05, 0.1) is 6.61 Å². The Balaban J connectivity index is 2.52. The molecule has 0 unspecified atom stereocenters. The molecular formula is C17H28O3. The Morgan fingerprint density at radius 2 is 1.70 bits per heavy atom. The van der Waals surface area contributed by atoms with Crippen LogP contribution in [-0.2, 0) is 0 Å². The molecule has 0 radical (unpaired) electrons. The number of aliphatic hydroxyl groups is 1. The standard InChI is InChI=1S/C17H28O3/c1-4-8-14(9-5-2)13-19-15-10-7-11-16(12-15)20-17(18)6-3/h7,10-12,14,17-18H,4-6,8-9,13H2,1-3H3/t17-/m0/s1. The van der Waals surface area contributed by atoms with Crippen molar-refractivity contribution >= 4 is 0 Å². The molecule has 1 aromatic rings. The summed E-state index contributed by atoms with van der Waals surface area (Å²) in [5.41, 5.74) is 0. The van der Waals surface area contributed by atoms with Crippen LogP contribution in [0.15, 0.2) is 24.3 Å². The van der Waals surface area contributed by atoms with Gasteiger partial charge in [-0.3, -0.25) is 0 Å². The van der Waals surface area contributed by atoms with Crippen LogP contribution in [-0.4, -0.2) is 18.0 Å². The van der Waals surface area contributed by atoms with Crippen molar-refractivity contribution in [2.24, 2.45) is 5.92 Å². The molecule has 3 nitrogen and oxygen atoms in total. The maximum atomic E-state index is 9.50. The van der Waals surface area contributed by atoms with E-state index in [-0.39, 0.29) is 0 Å². The highest BCUT2D eigenvalue weighted by molar-refractivity contribution is 5.33. The lowest BCUT2D eigenvalue weighted by Gasteiger charge is -2.17. The van der Waals surface area contributed by atoms with E-state index in [1.165, 1.54) is 25.7 Å². The van der Waals surface area contributed by atoms with Crippen LogP contribution >= 0.6 is 0 Å². The van der Waals surface area contributed by atoms with Gasteiger partial charge in [-0.15, -0.1) is 0 Å². The first kappa shape index (κ1) is 16.8. The van der Waals surface area contributed by atoms with Gasteiger partial charge in [0.2, 0.25) is 0 Å². The third-order valence-corrected chi connectivity index (χ3v) is 3.31. The average molecular weight is 280 g/mol. The fourth-order valence-corrected chi connectivity index (χ4v) is 2.22. The number of rotatable bonds is 10. The smallest absolute Gasteiger partial charge is 0.197 e. The molecular weight excluding hydrogens is 252 g/mol. The van der Waals surface area contributed by atoms with Gasteiger partial charge in [0.25, 0.3) is 0 Å². The minimum Gasteiger partial charge on any atom is -0.493 e. The zero-order valence-corrected chi connectivity index (χ0v) is 13.0. The molecule has 0 saturated carbocycles. The van der Waals surface area contributed by atoms with E-state index >= 15 is 0 Å². The summed E-state index contributed by atoms with van der Waals surface area (Å²) in [6, 6.07) is 7.50. The molecule has 3 heteroatoms. The fourth-order valence-electron chi connectivity index (χ4n) is 2.22. The molecule has 1 atom stereocenters. The Labute approximate surface area is 122 Å². The molecule has 114 valence electrons. The molecule has 1 aromatic carbocycles. The van der Waals surface area contributed by atoms with Crippen molar-refractivity contribution in [1.29, 1.82) is 0 Å². The van der Waals surface area contributed by atoms with E-state index in [1.807, 2.05) is 31.2 Å². The SMILES string of the molecule is CCCC(CCC)COc1cccc(O[C@H](O)CC)c1. The minimum absolute atomic E-state index is 0.570. The number of benzene rings is 1. The van der Waals surface area contributed by atoms with Crippen molar-refractivity contribution < 1.29 is 14.6 Å². The summed E-state index contributed by atoms with van der Waals surface area (Å²) in [6.45, 7) is 7.05. The molecule has 0 saturated heterocycles. The van der Waals surface area contributed by atoms with Gasteiger partial charge in [-0.1, -0.05) is 39.7 Å². The number of aliphatic hydroxyl groups excluding tert-OH is 1. The molecule has 0 fully saturated rings. The van der Waals surface area contributed by atoms with Crippen LogP contribution in [0.25, 0.3) is 0 Å². The second-order valence-electron chi connectivity index (χ2n) is 5.21. The van der Waals surface area contributed by atoms with Gasteiger partial charge in [-0.05, 0) is 30.9 Å². The van der Waals surface area contributed by atoms with Crippen molar-refractivity contribution in [2.45, 2.75) is 59.2 Å². The van der Waals surface area contributed by atoms with Gasteiger partial charge < -0.3 is 14.6 Å². The summed E-state index contributed by atoms with van der Waals surface area (Å²) in [5, 5.41) is 9.50. The third kappa shape index (κ3) is 6.29. The highest BCUT2D eigenvalue weighted by Crippen LogP contribution is 2.22. The highest BCUT2D eigenvalue weighted by Gasteiger charge is 2.09. The summed E-state index contributed by atoms with van der Waals surface area (Å²) >= 11 is 0. The van der Waals surface area contributed by atoms with Crippen molar-refractivity contribution in [3.05, 3.63) is 24.3 Å². The van der Waals surface area contributed by atoms with Crippen LogP contribution in [0.5, 0.6) is 11.5 Å². The lowest BCUT2D eigenvalue weighted by Crippen LogP contribution is -2.14. The van der Waals surface area contributed by atoms with Crippen molar-refractivity contribution in [1.82, 2.24) is 0 Å². The van der Waals surface area contributed by atoms with Crippen molar-refractivity contribution in [3.8, 4) is 11.5 Å². The molecule has 0 amide bonds. The lowest BCUT2D eigenvalue weighted by molar-refractivity contribution is -0.0192. The van der Waals surface area contributed by atoms with E-state index < -0.39 is 6.29 Å². The third-order valence-electron chi connectivity index (χ3n) is 3.31. The number of hydrogen-bond donors (Lipinski definition) is 1. The van der Waals surface area contributed by atoms with Crippen LogP contribution in [0.2, 0.25) is 0 Å². The van der Waals surface area contributed by atoms with Crippen LogP contribution in [0.4, 0.5) is 0 Å². The normalized spacial score (nSPS) is 12.4. The van der Waals surface area contributed by atoms with Gasteiger partial charge in [0.15, 0.2) is 6.29 Å². The summed E-state index contributed by atoms with van der Waals surface area (Å²) in [7, 11) is 0. The van der Waals surface area contributed by atoms with Crippen LogP contribution in [0.3, 0.4) is 0 Å². The first-order valence-corrected chi connectivity index (χ1v) is 7.77. The van der Waals surface area contributed by atoms with Crippen LogP contribution < -0.4 is 9.47 Å². The second-order valence-corrected chi connectivity index (χ2v) is 5.21. The van der Waals surface area contributed by atoms with E-state index in [0.717, 1.165) is 12.4 Å². The predicted molar refractivity (Wildman–Crippen MR) is 82.2 cm³/mol. The quantitative estimate of drug-likeness (QED) is 0.646. The predicted octanol–water partition coefficient (Wildman–Crippen LogP) is 4.39. The van der Waals surface area contributed by atoms with Crippen molar-refractivity contribution in [3.63, 3.8) is 0 Å². The Morgan fingerprint density at radius 1 is 1.05 bits per heavy atom. The molecule has 0 spiro atoms. The number of ether oxygens (including phenoxy) is 2. The zero-order valence-electron chi connectivity index (χ0n) is 13.0. The monoisotopic (exact) mass is 280 g/mol. The molecule has 0 aliphatic heterocycles. The van der Waals surface area contributed by atoms with E-state index in [9.17, 15) is 5.11 Å². The molecule has 0 aliphatic carbocycles. The first-order chi connectivity index (χ1) is 9.69. The topological polar surface area (TPSA) is 38.7 Å². The van der Waals surface area contributed by atoms with E-state index in [0.29, 0.717) is 18.1 Å². The molecule has 1 rings (SSSR count). The first-order valence-electron chi connectivity index (χ1n) is 7.77. The lowest BCUT2D eigenvalue weighted by atomic mass is 9.99. The molecule has 0 aliphatic rings. The summed E-state index contributed by atoms with van der Waals surface area (Å²) < 4.78 is 11.2. The Morgan fingerprint density at radius 3 is 2.30 bits per heavy atom. The molecule has 0 aromatic heterocycles. The Hall–Kier alpha value is -1.22. The molecule has 1 N–H and O–H groups in total. The Bertz CT molecular complexity index is 359. The molecule has 20 heavy (non-hydrogen) atoms. The van der Waals surface area contributed by atoms with Gasteiger partial charge >= 0.3 is 0 Å². The van der Waals surface area contributed by atoms with Crippen LogP contribution in [0.1, 0.15) is 52.9 Å². The Kier molecular flexibility index (Phi) is 8.12. The highest BCUT2D eigenvalue weighted by atomic mass is 16.6. The summed E-state index contributed by atoms with van der Waals surface area (Å²) in [5.74, 6) is 2.08. The van der Waals surface area contributed by atoms with Gasteiger partial charge in [-0.2, -0.15) is 0 Å². The molecule has 0 bridgehead atoms. The minimum atomic E-state index is -0.752. The second kappa shape index (κ2) is 9.65. The van der Waals surface area contributed by atoms with Crippen LogP contribution in [0, 0.1) is 5.92 Å². The average Bonchev–Trinajstić information content (AvgIpc) is 2.45. The van der Waals surface area contributed by atoms with Gasteiger partial charge in [0, 0.05) is 12.5 Å². The van der Waals surface area contributed by atoms with E-state index in [4.69, 9.17) is 9.47 Å². The summed E-state index contributed by atoms with van der Waals surface area (Å²) in [6.07, 6.45) is 4.62. The fraction of sp³-hybridized carbons (Fsp3) is 0.647.